The summed E-state index contributed by atoms with van der Waals surface area (Å²) in [5.41, 5.74) is 4.09. The molecule has 4 nitrogen and oxygen atoms in total. The molecular formula is C22H24ClN3OS. The maximum absolute atomic E-state index is 12.0. The largest absolute Gasteiger partial charge is 0.355 e. The van der Waals surface area contributed by atoms with Crippen molar-refractivity contribution in [3.05, 3.63) is 64.2 Å². The molecule has 1 saturated heterocycles. The standard InChI is InChI=1S/C22H24ClN3OS/c1-24-20(27)16-5-6-17-13-22(7-9-28-10-8-22)21(26-19(17)12-16)25-14-15-3-2-4-18(23)11-15/h2-6,11-12H,7-10,13-14H2,1H3,(H,24,27)(H,25,26). The van der Waals surface area contributed by atoms with Crippen LogP contribution in [0.3, 0.4) is 0 Å². The number of nitrogens with zero attached hydrogens (tertiary/aromatic N) is 1. The van der Waals surface area contributed by atoms with E-state index in [9.17, 15) is 4.79 Å². The van der Waals surface area contributed by atoms with Gasteiger partial charge in [-0.15, -0.1) is 0 Å². The van der Waals surface area contributed by atoms with Gasteiger partial charge in [-0.25, -0.2) is 0 Å². The molecule has 28 heavy (non-hydrogen) atoms. The maximum Gasteiger partial charge on any atom is 0.251 e. The molecule has 2 heterocycles. The molecule has 2 aromatic rings. The van der Waals surface area contributed by atoms with E-state index in [1.165, 1.54) is 5.56 Å². The van der Waals surface area contributed by atoms with Crippen LogP contribution in [0.25, 0.3) is 0 Å². The molecular weight excluding hydrogens is 390 g/mol. The van der Waals surface area contributed by atoms with Crippen molar-refractivity contribution < 1.29 is 4.79 Å². The lowest BCUT2D eigenvalue weighted by atomic mass is 9.72. The SMILES string of the molecule is CNC(=O)c1ccc2c(c1)NC(=NCc1cccc(Cl)c1)C1(CCSCC1)C2. The van der Waals surface area contributed by atoms with Gasteiger partial charge >= 0.3 is 0 Å². The molecule has 0 unspecified atom stereocenters. The van der Waals surface area contributed by atoms with Gasteiger partial charge in [-0.05, 0) is 66.2 Å². The first-order valence-electron chi connectivity index (χ1n) is 9.59. The number of nitrogens with one attached hydrogen (secondary N) is 2. The topological polar surface area (TPSA) is 53.5 Å². The van der Waals surface area contributed by atoms with Crippen LogP contribution < -0.4 is 10.6 Å². The normalized spacial score (nSPS) is 19.1. The molecule has 0 atom stereocenters. The molecule has 4 rings (SSSR count). The number of thioether (sulfide) groups is 1. The number of fused-ring (bicyclic) bond motifs is 1. The fourth-order valence-corrected chi connectivity index (χ4v) is 5.52. The molecule has 0 bridgehead atoms. The molecule has 0 radical (unpaired) electrons. The van der Waals surface area contributed by atoms with Crippen molar-refractivity contribution >= 4 is 40.8 Å². The minimum absolute atomic E-state index is 0.0609. The third-order valence-electron chi connectivity index (χ3n) is 5.64. The minimum Gasteiger partial charge on any atom is -0.355 e. The van der Waals surface area contributed by atoms with Gasteiger partial charge in [-0.3, -0.25) is 9.79 Å². The Morgan fingerprint density at radius 1 is 1.25 bits per heavy atom. The number of rotatable bonds is 3. The van der Waals surface area contributed by atoms with Crippen LogP contribution in [0.1, 0.15) is 34.3 Å². The Balaban J connectivity index is 1.68. The first kappa shape index (κ1) is 19.3. The van der Waals surface area contributed by atoms with E-state index in [1.807, 2.05) is 42.1 Å². The molecule has 6 heteroatoms. The van der Waals surface area contributed by atoms with Crippen molar-refractivity contribution in [1.29, 1.82) is 0 Å². The average molecular weight is 414 g/mol. The molecule has 2 aliphatic heterocycles. The fourth-order valence-electron chi connectivity index (χ4n) is 4.03. The average Bonchev–Trinajstić information content (AvgIpc) is 2.72. The second-order valence-electron chi connectivity index (χ2n) is 7.44. The molecule has 1 amide bonds. The Labute approximate surface area is 175 Å². The van der Waals surface area contributed by atoms with Gasteiger partial charge < -0.3 is 10.6 Å². The van der Waals surface area contributed by atoms with E-state index in [1.54, 1.807) is 7.05 Å². The number of anilines is 1. The predicted octanol–water partition coefficient (Wildman–Crippen LogP) is 4.78. The molecule has 146 valence electrons. The zero-order valence-corrected chi connectivity index (χ0v) is 17.5. The molecule has 0 aromatic heterocycles. The van der Waals surface area contributed by atoms with Crippen LogP contribution in [0, 0.1) is 5.41 Å². The van der Waals surface area contributed by atoms with Crippen LogP contribution >= 0.6 is 23.4 Å². The van der Waals surface area contributed by atoms with E-state index in [2.05, 4.69) is 22.8 Å². The number of halogens is 1. The highest BCUT2D eigenvalue weighted by Crippen LogP contribution is 2.44. The second-order valence-corrected chi connectivity index (χ2v) is 9.10. The summed E-state index contributed by atoms with van der Waals surface area (Å²) in [6.45, 7) is 0.599. The number of benzene rings is 2. The van der Waals surface area contributed by atoms with Gasteiger partial charge in [0, 0.05) is 28.7 Å². The molecule has 2 N–H and O–H groups in total. The first-order chi connectivity index (χ1) is 13.6. The summed E-state index contributed by atoms with van der Waals surface area (Å²) in [6, 6.07) is 13.8. The molecule has 1 fully saturated rings. The second kappa shape index (κ2) is 8.18. The number of hydrogen-bond donors (Lipinski definition) is 2. The molecule has 2 aliphatic rings. The quantitative estimate of drug-likeness (QED) is 0.761. The molecule has 0 aliphatic carbocycles. The lowest BCUT2D eigenvalue weighted by Crippen LogP contribution is -2.44. The van der Waals surface area contributed by atoms with E-state index in [0.29, 0.717) is 12.1 Å². The van der Waals surface area contributed by atoms with Crippen LogP contribution in [0.4, 0.5) is 5.69 Å². The highest BCUT2D eigenvalue weighted by atomic mass is 35.5. The number of carbonyl (C=O) groups excluding carboxylic acids is 1. The number of aliphatic imine (C=N–C) groups is 1. The van der Waals surface area contributed by atoms with Crippen LogP contribution in [-0.2, 0) is 13.0 Å². The van der Waals surface area contributed by atoms with Gasteiger partial charge in [-0.2, -0.15) is 11.8 Å². The summed E-state index contributed by atoms with van der Waals surface area (Å²) >= 11 is 8.15. The van der Waals surface area contributed by atoms with Crippen LogP contribution in [0.5, 0.6) is 0 Å². The Hall–Kier alpha value is -1.98. The van der Waals surface area contributed by atoms with Crippen molar-refractivity contribution in [2.24, 2.45) is 10.4 Å². The van der Waals surface area contributed by atoms with Gasteiger partial charge in [0.2, 0.25) is 0 Å². The summed E-state index contributed by atoms with van der Waals surface area (Å²) in [5, 5.41) is 7.02. The minimum atomic E-state index is -0.0728. The van der Waals surface area contributed by atoms with E-state index in [-0.39, 0.29) is 11.3 Å². The van der Waals surface area contributed by atoms with Gasteiger partial charge in [-0.1, -0.05) is 29.8 Å². The summed E-state index contributed by atoms with van der Waals surface area (Å²) in [6.07, 6.45) is 3.21. The van der Waals surface area contributed by atoms with Crippen molar-refractivity contribution in [1.82, 2.24) is 5.32 Å². The van der Waals surface area contributed by atoms with Crippen molar-refractivity contribution in [2.75, 3.05) is 23.9 Å². The van der Waals surface area contributed by atoms with E-state index in [0.717, 1.165) is 52.9 Å². The fraction of sp³-hybridized carbons (Fsp3) is 0.364. The third-order valence-corrected chi connectivity index (χ3v) is 6.86. The Kier molecular flexibility index (Phi) is 5.65. The van der Waals surface area contributed by atoms with Gasteiger partial charge in [0.15, 0.2) is 0 Å². The Morgan fingerprint density at radius 2 is 2.07 bits per heavy atom. The highest BCUT2D eigenvalue weighted by Gasteiger charge is 2.41. The zero-order valence-electron chi connectivity index (χ0n) is 15.9. The maximum atomic E-state index is 12.0. The number of carbonyl (C=O) groups is 1. The van der Waals surface area contributed by atoms with Crippen molar-refractivity contribution in [2.45, 2.75) is 25.8 Å². The van der Waals surface area contributed by atoms with Gasteiger partial charge in [0.05, 0.1) is 6.54 Å². The smallest absolute Gasteiger partial charge is 0.251 e. The Bertz CT molecular complexity index is 922. The first-order valence-corrected chi connectivity index (χ1v) is 11.1. The summed E-state index contributed by atoms with van der Waals surface area (Å²) in [7, 11) is 1.65. The van der Waals surface area contributed by atoms with Gasteiger partial charge in [0.1, 0.15) is 5.84 Å². The summed E-state index contributed by atoms with van der Waals surface area (Å²) in [4.78, 5) is 17.0. The van der Waals surface area contributed by atoms with Gasteiger partial charge in [0.25, 0.3) is 5.91 Å². The van der Waals surface area contributed by atoms with Crippen molar-refractivity contribution in [3.8, 4) is 0 Å². The number of amidine groups is 1. The lowest BCUT2D eigenvalue weighted by molar-refractivity contribution is 0.0963. The third kappa shape index (κ3) is 3.91. The van der Waals surface area contributed by atoms with Crippen LogP contribution in [-0.4, -0.2) is 30.3 Å². The number of amides is 1. The summed E-state index contributed by atoms with van der Waals surface area (Å²) in [5.74, 6) is 3.29. The zero-order chi connectivity index (χ0) is 19.6. The van der Waals surface area contributed by atoms with Crippen LogP contribution in [0.15, 0.2) is 47.5 Å². The monoisotopic (exact) mass is 413 g/mol. The summed E-state index contributed by atoms with van der Waals surface area (Å²) < 4.78 is 0. The van der Waals surface area contributed by atoms with Crippen molar-refractivity contribution in [3.63, 3.8) is 0 Å². The molecule has 2 aromatic carbocycles. The molecule has 1 spiro atoms. The highest BCUT2D eigenvalue weighted by molar-refractivity contribution is 7.99. The molecule has 0 saturated carbocycles. The van der Waals surface area contributed by atoms with E-state index >= 15 is 0 Å². The predicted molar refractivity (Wildman–Crippen MR) is 119 cm³/mol. The Morgan fingerprint density at radius 3 is 2.82 bits per heavy atom. The van der Waals surface area contributed by atoms with E-state index < -0.39 is 0 Å². The van der Waals surface area contributed by atoms with E-state index in [4.69, 9.17) is 16.6 Å². The number of hydrogen-bond acceptors (Lipinski definition) is 3. The van der Waals surface area contributed by atoms with Crippen LogP contribution in [0.2, 0.25) is 5.02 Å². The lowest BCUT2D eigenvalue weighted by Gasteiger charge is -2.42.